The van der Waals surface area contributed by atoms with Gasteiger partial charge in [0.05, 0.1) is 22.4 Å². The predicted octanol–water partition coefficient (Wildman–Crippen LogP) is 5.46. The lowest BCUT2D eigenvalue weighted by atomic mass is 9.97. The van der Waals surface area contributed by atoms with Crippen LogP contribution in [0.25, 0.3) is 33.2 Å². The normalized spacial score (nSPS) is 16.2. The number of imidazole rings is 1. The van der Waals surface area contributed by atoms with Crippen molar-refractivity contribution in [1.29, 1.82) is 0 Å². The zero-order valence-corrected chi connectivity index (χ0v) is 16.6. The molecule has 0 saturated heterocycles. The van der Waals surface area contributed by atoms with Crippen LogP contribution in [0.2, 0.25) is 0 Å². The van der Waals surface area contributed by atoms with Gasteiger partial charge in [-0.1, -0.05) is 54.1 Å². The third-order valence-electron chi connectivity index (χ3n) is 5.80. The number of H-pyrrole nitrogens is 2. The average Bonchev–Trinajstić information content (AvgIpc) is 3.49. The van der Waals surface area contributed by atoms with Crippen molar-refractivity contribution in [2.75, 3.05) is 0 Å². The van der Waals surface area contributed by atoms with Crippen molar-refractivity contribution in [3.63, 3.8) is 0 Å². The van der Waals surface area contributed by atoms with E-state index in [1.807, 2.05) is 24.3 Å². The smallest absolute Gasteiger partial charge is 0.131 e. The summed E-state index contributed by atoms with van der Waals surface area (Å²) >= 11 is 0. The standard InChI is InChI=1S/C25H21N5/c1-15-11-12-18-17(13-15)23(24(26-18)16-7-3-2-4-8-16)21-14-22(30-29-21)25-27-19-9-5-6-10-20(19)28-25/h2-13,22,26,30H,14H2,1H3,(H,27,28). The van der Waals surface area contributed by atoms with Crippen molar-refractivity contribution in [2.24, 2.45) is 5.10 Å². The first kappa shape index (κ1) is 17.0. The number of nitrogens with zero attached hydrogens (tertiary/aromatic N) is 2. The second-order valence-electron chi connectivity index (χ2n) is 7.87. The van der Waals surface area contributed by atoms with Gasteiger partial charge >= 0.3 is 0 Å². The van der Waals surface area contributed by atoms with Gasteiger partial charge in [-0.15, -0.1) is 0 Å². The number of hydrazone groups is 1. The summed E-state index contributed by atoms with van der Waals surface area (Å²) in [5.74, 6) is 0.923. The Morgan fingerprint density at radius 3 is 2.57 bits per heavy atom. The zero-order valence-electron chi connectivity index (χ0n) is 16.6. The Hall–Kier alpha value is -3.86. The number of benzene rings is 3. The summed E-state index contributed by atoms with van der Waals surface area (Å²) < 4.78 is 0. The molecule has 1 aliphatic heterocycles. The molecule has 1 atom stereocenters. The summed E-state index contributed by atoms with van der Waals surface area (Å²) in [6.07, 6.45) is 0.778. The number of aryl methyl sites for hydroxylation is 1. The molecule has 0 fully saturated rings. The van der Waals surface area contributed by atoms with Gasteiger partial charge in [0.1, 0.15) is 11.9 Å². The Morgan fingerprint density at radius 2 is 1.70 bits per heavy atom. The summed E-state index contributed by atoms with van der Waals surface area (Å²) in [5.41, 5.74) is 12.2. The zero-order chi connectivity index (χ0) is 20.1. The highest BCUT2D eigenvalue weighted by atomic mass is 15.3. The highest BCUT2D eigenvalue weighted by molar-refractivity contribution is 6.16. The van der Waals surface area contributed by atoms with Crippen LogP contribution in [0.5, 0.6) is 0 Å². The number of rotatable bonds is 3. The molecule has 1 aliphatic rings. The molecule has 2 aromatic heterocycles. The van der Waals surface area contributed by atoms with E-state index in [1.165, 1.54) is 16.5 Å². The van der Waals surface area contributed by atoms with E-state index in [0.29, 0.717) is 0 Å². The molecule has 3 aromatic carbocycles. The topological polar surface area (TPSA) is 68.9 Å². The number of para-hydroxylation sites is 2. The van der Waals surface area contributed by atoms with Crippen molar-refractivity contribution in [1.82, 2.24) is 20.4 Å². The fraction of sp³-hybridized carbons (Fsp3) is 0.120. The first-order valence-corrected chi connectivity index (χ1v) is 10.2. The molecule has 0 radical (unpaired) electrons. The third kappa shape index (κ3) is 2.70. The molecule has 0 aliphatic carbocycles. The van der Waals surface area contributed by atoms with E-state index in [4.69, 9.17) is 10.1 Å². The number of aromatic amines is 2. The Balaban J connectivity index is 1.44. The lowest BCUT2D eigenvalue weighted by molar-refractivity contribution is 0.591. The van der Waals surface area contributed by atoms with Crippen LogP contribution in [0.4, 0.5) is 0 Å². The second kappa shape index (κ2) is 6.59. The van der Waals surface area contributed by atoms with Crippen molar-refractivity contribution >= 4 is 27.6 Å². The quantitative estimate of drug-likeness (QED) is 0.382. The summed E-state index contributed by atoms with van der Waals surface area (Å²) in [6, 6.07) is 25.2. The fourth-order valence-electron chi connectivity index (χ4n) is 4.32. The second-order valence-corrected chi connectivity index (χ2v) is 7.87. The molecule has 0 spiro atoms. The van der Waals surface area contributed by atoms with Crippen LogP contribution in [0.1, 0.15) is 29.4 Å². The molecule has 3 N–H and O–H groups in total. The Kier molecular flexibility index (Phi) is 3.74. The number of nitrogens with one attached hydrogen (secondary N) is 3. The van der Waals surface area contributed by atoms with E-state index in [2.05, 4.69) is 70.8 Å². The molecule has 0 saturated carbocycles. The maximum absolute atomic E-state index is 4.77. The van der Waals surface area contributed by atoms with Gasteiger partial charge in [0, 0.05) is 22.9 Å². The molecular formula is C25H21N5. The maximum Gasteiger partial charge on any atom is 0.131 e. The highest BCUT2D eigenvalue weighted by Crippen LogP contribution is 2.35. The predicted molar refractivity (Wildman–Crippen MR) is 122 cm³/mol. The van der Waals surface area contributed by atoms with Gasteiger partial charge in [0.25, 0.3) is 0 Å². The van der Waals surface area contributed by atoms with Crippen LogP contribution < -0.4 is 5.43 Å². The van der Waals surface area contributed by atoms with Crippen molar-refractivity contribution in [3.05, 3.63) is 89.7 Å². The molecule has 6 rings (SSSR count). The fourth-order valence-corrected chi connectivity index (χ4v) is 4.32. The average molecular weight is 391 g/mol. The van der Waals surface area contributed by atoms with Crippen molar-refractivity contribution in [3.8, 4) is 11.3 Å². The Bertz CT molecular complexity index is 1370. The number of aromatic nitrogens is 3. The van der Waals surface area contributed by atoms with Crippen LogP contribution in [0, 0.1) is 6.92 Å². The maximum atomic E-state index is 4.77. The lowest BCUT2D eigenvalue weighted by Gasteiger charge is -2.07. The molecule has 5 aromatic rings. The van der Waals surface area contributed by atoms with Crippen LogP contribution in [-0.4, -0.2) is 20.7 Å². The molecule has 1 unspecified atom stereocenters. The lowest BCUT2D eigenvalue weighted by Crippen LogP contribution is -2.11. The number of hydrogen-bond acceptors (Lipinski definition) is 3. The van der Waals surface area contributed by atoms with Gasteiger partial charge in [0.15, 0.2) is 0 Å². The van der Waals surface area contributed by atoms with Crippen molar-refractivity contribution < 1.29 is 0 Å². The van der Waals surface area contributed by atoms with Crippen LogP contribution >= 0.6 is 0 Å². The number of fused-ring (bicyclic) bond motifs is 2. The van der Waals surface area contributed by atoms with Crippen LogP contribution in [-0.2, 0) is 0 Å². The van der Waals surface area contributed by atoms with E-state index in [-0.39, 0.29) is 6.04 Å². The van der Waals surface area contributed by atoms with Gasteiger partial charge < -0.3 is 9.97 Å². The molecule has 146 valence electrons. The first-order valence-electron chi connectivity index (χ1n) is 10.2. The van der Waals surface area contributed by atoms with Gasteiger partial charge in [-0.25, -0.2) is 4.98 Å². The Morgan fingerprint density at radius 1 is 0.867 bits per heavy atom. The molecular weight excluding hydrogens is 370 g/mol. The summed E-state index contributed by atoms with van der Waals surface area (Å²) in [5, 5.41) is 5.97. The van der Waals surface area contributed by atoms with E-state index >= 15 is 0 Å². The minimum atomic E-state index is 0.0331. The van der Waals surface area contributed by atoms with Crippen LogP contribution in [0.15, 0.2) is 77.9 Å². The minimum absolute atomic E-state index is 0.0331. The van der Waals surface area contributed by atoms with Crippen molar-refractivity contribution in [2.45, 2.75) is 19.4 Å². The molecule has 0 bridgehead atoms. The Labute approximate surface area is 173 Å². The van der Waals surface area contributed by atoms with E-state index < -0.39 is 0 Å². The van der Waals surface area contributed by atoms with E-state index in [9.17, 15) is 0 Å². The third-order valence-corrected chi connectivity index (χ3v) is 5.80. The molecule has 30 heavy (non-hydrogen) atoms. The molecule has 5 nitrogen and oxygen atoms in total. The SMILES string of the molecule is Cc1ccc2[nH]c(-c3ccccc3)c(C3=NNC(c4nc5ccccc5[nH]4)C3)c2c1. The molecule has 5 heteroatoms. The van der Waals surface area contributed by atoms with Crippen LogP contribution in [0.3, 0.4) is 0 Å². The highest BCUT2D eigenvalue weighted by Gasteiger charge is 2.28. The van der Waals surface area contributed by atoms with Gasteiger partial charge in [-0.3, -0.25) is 5.43 Å². The minimum Gasteiger partial charge on any atom is -0.354 e. The molecule has 0 amide bonds. The van der Waals surface area contributed by atoms with E-state index in [0.717, 1.165) is 45.8 Å². The largest absolute Gasteiger partial charge is 0.354 e. The summed E-state index contributed by atoms with van der Waals surface area (Å²) in [4.78, 5) is 11.8. The van der Waals surface area contributed by atoms with Gasteiger partial charge in [0.2, 0.25) is 0 Å². The van der Waals surface area contributed by atoms with Gasteiger partial charge in [-0.2, -0.15) is 5.10 Å². The monoisotopic (exact) mass is 391 g/mol. The van der Waals surface area contributed by atoms with Gasteiger partial charge in [-0.05, 0) is 36.8 Å². The number of hydrogen-bond donors (Lipinski definition) is 3. The molecule has 3 heterocycles. The summed E-state index contributed by atoms with van der Waals surface area (Å²) in [7, 11) is 0. The van der Waals surface area contributed by atoms with E-state index in [1.54, 1.807) is 0 Å². The first-order chi connectivity index (χ1) is 14.8. The summed E-state index contributed by atoms with van der Waals surface area (Å²) in [6.45, 7) is 2.13.